The van der Waals surface area contributed by atoms with Gasteiger partial charge in [0.1, 0.15) is 17.6 Å². The van der Waals surface area contributed by atoms with Gasteiger partial charge >= 0.3 is 5.97 Å². The molecule has 46 heavy (non-hydrogen) atoms. The number of nitrogens with zero attached hydrogens (tertiary/aromatic N) is 4. The van der Waals surface area contributed by atoms with Crippen molar-refractivity contribution in [3.8, 4) is 0 Å². The minimum Gasteiger partial charge on any atom is -0.481 e. The first-order valence-electron chi connectivity index (χ1n) is 13.8. The zero-order valence-corrected chi connectivity index (χ0v) is 25.8. The summed E-state index contributed by atoms with van der Waals surface area (Å²) in [5.74, 6) is -6.12. The zero-order valence-electron chi connectivity index (χ0n) is 24.3. The number of fused-ring (bicyclic) bond motifs is 2. The molecule has 236 valence electrons. The largest absolute Gasteiger partial charge is 0.481 e. The standard InChI is InChI=1S/C31H25Cl2N5O8/c1-16(39)36-15-22(34-29(44)18-8-4-3-5-9-18)31(45)38(24-11-7-6-10-23(24)36)37(17(2)40)25(14-26(41)42)27(43)30-35-21-13-19(32)12-20(33)28(21)46-30/h3-13,22,25H,14-15H2,1-2H3,(H,34,44)(H,41,42)/t22-,25-/m0/s1. The van der Waals surface area contributed by atoms with Crippen molar-refractivity contribution < 1.29 is 38.3 Å². The number of nitrogens with one attached hydrogen (secondary N) is 1. The van der Waals surface area contributed by atoms with E-state index in [0.717, 1.165) is 11.9 Å². The van der Waals surface area contributed by atoms with Crippen LogP contribution < -0.4 is 15.2 Å². The summed E-state index contributed by atoms with van der Waals surface area (Å²) in [4.78, 5) is 85.4. The molecule has 4 amide bonds. The topological polar surface area (TPSA) is 170 Å². The molecule has 2 heterocycles. The quantitative estimate of drug-likeness (QED) is 0.263. The fourth-order valence-corrected chi connectivity index (χ4v) is 5.64. The van der Waals surface area contributed by atoms with Crippen LogP contribution in [0.1, 0.15) is 41.3 Å². The molecule has 0 saturated heterocycles. The highest BCUT2D eigenvalue weighted by molar-refractivity contribution is 6.38. The van der Waals surface area contributed by atoms with Crippen LogP contribution in [0.3, 0.4) is 0 Å². The van der Waals surface area contributed by atoms with Crippen molar-refractivity contribution in [2.75, 3.05) is 16.5 Å². The van der Waals surface area contributed by atoms with Gasteiger partial charge < -0.3 is 19.7 Å². The van der Waals surface area contributed by atoms with E-state index < -0.39 is 59.8 Å². The van der Waals surface area contributed by atoms with E-state index in [2.05, 4.69) is 10.3 Å². The van der Waals surface area contributed by atoms with Crippen molar-refractivity contribution in [3.05, 3.63) is 88.2 Å². The zero-order chi connectivity index (χ0) is 33.3. The summed E-state index contributed by atoms with van der Waals surface area (Å²) in [6.07, 6.45) is -0.977. The van der Waals surface area contributed by atoms with Crippen LogP contribution in [-0.4, -0.2) is 69.1 Å². The van der Waals surface area contributed by atoms with Gasteiger partial charge in [-0.15, -0.1) is 0 Å². The lowest BCUT2D eigenvalue weighted by Crippen LogP contribution is -2.62. The maximum absolute atomic E-state index is 14.4. The molecule has 1 aliphatic rings. The molecule has 1 aromatic heterocycles. The fourth-order valence-electron chi connectivity index (χ4n) is 5.12. The number of Topliss-reactive ketones (excluding diaryl/α,β-unsaturated/α-hetero) is 1. The Balaban J connectivity index is 1.65. The second-order valence-corrected chi connectivity index (χ2v) is 11.1. The normalized spacial score (nSPS) is 15.1. The number of amides is 4. The lowest BCUT2D eigenvalue weighted by atomic mass is 10.1. The maximum Gasteiger partial charge on any atom is 0.306 e. The number of halogens is 2. The molecule has 1 aliphatic heterocycles. The van der Waals surface area contributed by atoms with E-state index in [4.69, 9.17) is 27.6 Å². The van der Waals surface area contributed by atoms with Crippen LogP contribution in [0.5, 0.6) is 0 Å². The molecular formula is C31H25Cl2N5O8. The molecule has 0 unspecified atom stereocenters. The third kappa shape index (κ3) is 6.28. The van der Waals surface area contributed by atoms with Gasteiger partial charge in [-0.05, 0) is 36.4 Å². The minimum atomic E-state index is -1.89. The number of carbonyl (C=O) groups is 6. The summed E-state index contributed by atoms with van der Waals surface area (Å²) in [5.41, 5.74) is 0.451. The van der Waals surface area contributed by atoms with E-state index in [1.54, 1.807) is 24.3 Å². The van der Waals surface area contributed by atoms with Gasteiger partial charge in [-0.3, -0.25) is 28.8 Å². The molecule has 15 heteroatoms. The Morgan fingerprint density at radius 1 is 1.02 bits per heavy atom. The third-order valence-electron chi connectivity index (χ3n) is 7.12. The summed E-state index contributed by atoms with van der Waals surface area (Å²) in [6, 6.07) is 13.5. The van der Waals surface area contributed by atoms with E-state index in [1.165, 1.54) is 54.3 Å². The molecule has 0 aliphatic carbocycles. The van der Waals surface area contributed by atoms with Crippen molar-refractivity contribution in [1.29, 1.82) is 0 Å². The van der Waals surface area contributed by atoms with Gasteiger partial charge in [0.25, 0.3) is 17.7 Å². The molecule has 0 saturated carbocycles. The van der Waals surface area contributed by atoms with Crippen LogP contribution in [0.2, 0.25) is 10.0 Å². The number of anilines is 2. The first-order valence-corrected chi connectivity index (χ1v) is 14.5. The second-order valence-electron chi connectivity index (χ2n) is 10.3. The van der Waals surface area contributed by atoms with Crippen molar-refractivity contribution in [2.24, 2.45) is 0 Å². The van der Waals surface area contributed by atoms with Crippen LogP contribution in [0.25, 0.3) is 11.1 Å². The number of oxazole rings is 1. The molecule has 4 aromatic rings. The predicted molar refractivity (Wildman–Crippen MR) is 167 cm³/mol. The van der Waals surface area contributed by atoms with Crippen molar-refractivity contribution in [3.63, 3.8) is 0 Å². The number of aromatic nitrogens is 1. The first-order chi connectivity index (χ1) is 21.9. The first kappa shape index (κ1) is 32.1. The Bertz CT molecular complexity index is 1900. The third-order valence-corrected chi connectivity index (χ3v) is 7.62. The highest BCUT2D eigenvalue weighted by Gasteiger charge is 2.45. The summed E-state index contributed by atoms with van der Waals surface area (Å²) in [7, 11) is 0. The number of ketones is 1. The Labute approximate surface area is 271 Å². The number of hydrogen-bond acceptors (Lipinski definition) is 8. The monoisotopic (exact) mass is 665 g/mol. The highest BCUT2D eigenvalue weighted by Crippen LogP contribution is 2.36. The highest BCUT2D eigenvalue weighted by atomic mass is 35.5. The average Bonchev–Trinajstić information content (AvgIpc) is 3.40. The molecule has 0 radical (unpaired) electrons. The number of carboxylic acids is 1. The van der Waals surface area contributed by atoms with Crippen LogP contribution in [0.15, 0.2) is 71.1 Å². The number of aliphatic carboxylic acids is 1. The Morgan fingerprint density at radius 3 is 2.30 bits per heavy atom. The fraction of sp³-hybridized carbons (Fsp3) is 0.194. The van der Waals surface area contributed by atoms with E-state index in [9.17, 15) is 33.9 Å². The maximum atomic E-state index is 14.4. The molecule has 2 N–H and O–H groups in total. The molecule has 2 atom stereocenters. The van der Waals surface area contributed by atoms with Crippen LogP contribution >= 0.6 is 23.2 Å². The molecule has 3 aromatic carbocycles. The average molecular weight is 666 g/mol. The molecule has 5 rings (SSSR count). The van der Waals surface area contributed by atoms with Crippen molar-refractivity contribution in [1.82, 2.24) is 15.3 Å². The summed E-state index contributed by atoms with van der Waals surface area (Å²) in [5, 5.41) is 14.2. The second kappa shape index (κ2) is 13.0. The molecule has 0 spiro atoms. The summed E-state index contributed by atoms with van der Waals surface area (Å²) in [6.45, 7) is 1.96. The van der Waals surface area contributed by atoms with Crippen molar-refractivity contribution in [2.45, 2.75) is 32.4 Å². The van der Waals surface area contributed by atoms with E-state index in [-0.39, 0.29) is 44.6 Å². The summed E-state index contributed by atoms with van der Waals surface area (Å²) < 4.78 is 5.59. The van der Waals surface area contributed by atoms with E-state index in [0.29, 0.717) is 5.01 Å². The van der Waals surface area contributed by atoms with Gasteiger partial charge in [0.05, 0.1) is 29.4 Å². The molecular weight excluding hydrogens is 641 g/mol. The Kier molecular flexibility index (Phi) is 9.08. The van der Waals surface area contributed by atoms with Gasteiger partial charge in [0.15, 0.2) is 5.58 Å². The van der Waals surface area contributed by atoms with Gasteiger partial charge in [-0.25, -0.2) is 15.0 Å². The number of hydrazine groups is 1. The molecule has 0 fully saturated rings. The number of para-hydroxylation sites is 2. The van der Waals surface area contributed by atoms with Crippen LogP contribution in [0, 0.1) is 0 Å². The van der Waals surface area contributed by atoms with Gasteiger partial charge in [-0.1, -0.05) is 53.5 Å². The van der Waals surface area contributed by atoms with E-state index in [1.807, 2.05) is 0 Å². The summed E-state index contributed by atoms with van der Waals surface area (Å²) >= 11 is 12.3. The minimum absolute atomic E-state index is 0.00477. The number of rotatable bonds is 8. The Morgan fingerprint density at radius 2 is 1.67 bits per heavy atom. The molecule has 0 bridgehead atoms. The Hall–Kier alpha value is -5.27. The van der Waals surface area contributed by atoms with Gasteiger partial charge in [-0.2, -0.15) is 0 Å². The number of carbonyl (C=O) groups excluding carboxylic acids is 5. The predicted octanol–water partition coefficient (Wildman–Crippen LogP) is 4.12. The van der Waals surface area contributed by atoms with Crippen LogP contribution in [-0.2, 0) is 19.2 Å². The van der Waals surface area contributed by atoms with Crippen molar-refractivity contribution >= 4 is 81.1 Å². The molecule has 13 nitrogen and oxygen atoms in total. The number of carboxylic acid groups (broad SMARTS) is 1. The number of benzene rings is 3. The lowest BCUT2D eigenvalue weighted by Gasteiger charge is -2.39. The van der Waals surface area contributed by atoms with Crippen LogP contribution in [0.4, 0.5) is 11.4 Å². The van der Waals surface area contributed by atoms with E-state index >= 15 is 0 Å². The smallest absolute Gasteiger partial charge is 0.306 e. The lowest BCUT2D eigenvalue weighted by molar-refractivity contribution is -0.142. The SMILES string of the molecule is CC(=O)N1C[C@H](NC(=O)c2ccccc2)C(=O)N(N(C(C)=O)[C@@H](CC(=O)O)C(=O)c2nc3cc(Cl)cc(Cl)c3o2)c2ccccc21. The number of hydrogen-bond donors (Lipinski definition) is 2. The van der Waals surface area contributed by atoms with Gasteiger partial charge in [0.2, 0.25) is 17.6 Å². The van der Waals surface area contributed by atoms with Gasteiger partial charge in [0, 0.05) is 24.4 Å².